The van der Waals surface area contributed by atoms with Crippen molar-refractivity contribution in [1.29, 1.82) is 0 Å². The SMILES string of the molecule is C[C@@H](OC(=O)c1cccc(S(C)(=O)=O)c1)C(=O)c1ccc2c(c1)CCC2. The molecule has 26 heavy (non-hydrogen) atoms. The van der Waals surface area contributed by atoms with Crippen molar-refractivity contribution in [3.63, 3.8) is 0 Å². The van der Waals surface area contributed by atoms with Crippen LogP contribution in [0, 0.1) is 0 Å². The van der Waals surface area contributed by atoms with Gasteiger partial charge in [0.15, 0.2) is 15.9 Å². The van der Waals surface area contributed by atoms with Gasteiger partial charge in [-0.3, -0.25) is 4.79 Å². The molecule has 3 rings (SSSR count). The van der Waals surface area contributed by atoms with E-state index in [-0.39, 0.29) is 16.2 Å². The molecule has 0 spiro atoms. The Morgan fingerprint density at radius 1 is 1.00 bits per heavy atom. The Labute approximate surface area is 152 Å². The maximum Gasteiger partial charge on any atom is 0.338 e. The molecular formula is C20H20O5S. The van der Waals surface area contributed by atoms with Gasteiger partial charge in [-0.2, -0.15) is 0 Å². The van der Waals surface area contributed by atoms with Crippen molar-refractivity contribution in [2.45, 2.75) is 37.2 Å². The lowest BCUT2D eigenvalue weighted by atomic mass is 10.0. The van der Waals surface area contributed by atoms with Gasteiger partial charge in [0.25, 0.3) is 0 Å². The monoisotopic (exact) mass is 372 g/mol. The number of carbonyl (C=O) groups is 2. The minimum Gasteiger partial charge on any atom is -0.451 e. The van der Waals surface area contributed by atoms with Crippen LogP contribution >= 0.6 is 0 Å². The molecule has 2 aromatic rings. The summed E-state index contributed by atoms with van der Waals surface area (Å²) in [5.41, 5.74) is 3.07. The third-order valence-corrected chi connectivity index (χ3v) is 5.64. The van der Waals surface area contributed by atoms with Crippen molar-refractivity contribution in [3.8, 4) is 0 Å². The second-order valence-corrected chi connectivity index (χ2v) is 8.56. The lowest BCUT2D eigenvalue weighted by Crippen LogP contribution is -2.24. The second kappa shape index (κ2) is 7.03. The molecule has 0 aliphatic heterocycles. The molecule has 136 valence electrons. The minimum absolute atomic E-state index is 0.0320. The van der Waals surface area contributed by atoms with Crippen molar-refractivity contribution < 1.29 is 22.7 Å². The van der Waals surface area contributed by atoms with Crippen LogP contribution in [-0.4, -0.2) is 32.5 Å². The average molecular weight is 372 g/mol. The predicted molar refractivity (Wildman–Crippen MR) is 97.2 cm³/mol. The van der Waals surface area contributed by atoms with E-state index in [9.17, 15) is 18.0 Å². The summed E-state index contributed by atoms with van der Waals surface area (Å²) in [6.45, 7) is 1.52. The predicted octanol–water partition coefficient (Wildman–Crippen LogP) is 3.01. The molecular weight excluding hydrogens is 352 g/mol. The number of sulfone groups is 1. The first kappa shape index (κ1) is 18.3. The second-order valence-electron chi connectivity index (χ2n) is 6.55. The van der Waals surface area contributed by atoms with E-state index in [0.717, 1.165) is 25.5 Å². The Balaban J connectivity index is 1.74. The maximum absolute atomic E-state index is 12.6. The largest absolute Gasteiger partial charge is 0.451 e. The highest BCUT2D eigenvalue weighted by Gasteiger charge is 2.22. The smallest absolute Gasteiger partial charge is 0.338 e. The number of hydrogen-bond donors (Lipinski definition) is 0. The first-order valence-corrected chi connectivity index (χ1v) is 10.3. The van der Waals surface area contributed by atoms with Gasteiger partial charge in [-0.1, -0.05) is 18.2 Å². The fraction of sp³-hybridized carbons (Fsp3) is 0.300. The highest BCUT2D eigenvalue weighted by molar-refractivity contribution is 7.90. The Hall–Kier alpha value is -2.47. The highest BCUT2D eigenvalue weighted by atomic mass is 32.2. The summed E-state index contributed by atoms with van der Waals surface area (Å²) in [5, 5.41) is 0. The highest BCUT2D eigenvalue weighted by Crippen LogP contribution is 2.24. The molecule has 6 heteroatoms. The normalized spacial score (nSPS) is 14.5. The molecule has 0 N–H and O–H groups in total. The molecule has 0 saturated carbocycles. The molecule has 2 aromatic carbocycles. The molecule has 5 nitrogen and oxygen atoms in total. The first-order chi connectivity index (χ1) is 12.3. The van der Waals surface area contributed by atoms with Crippen molar-refractivity contribution in [2.75, 3.05) is 6.26 Å². The van der Waals surface area contributed by atoms with Crippen molar-refractivity contribution in [3.05, 3.63) is 64.7 Å². The van der Waals surface area contributed by atoms with Gasteiger partial charge in [0.1, 0.15) is 0 Å². The molecule has 0 radical (unpaired) electrons. The summed E-state index contributed by atoms with van der Waals surface area (Å²) in [7, 11) is -3.43. The molecule has 0 saturated heterocycles. The van der Waals surface area contributed by atoms with Gasteiger partial charge < -0.3 is 4.74 Å². The molecule has 0 fully saturated rings. The number of ketones is 1. The van der Waals surface area contributed by atoms with Crippen LogP contribution in [0.2, 0.25) is 0 Å². The van der Waals surface area contributed by atoms with E-state index in [1.165, 1.54) is 42.3 Å². The lowest BCUT2D eigenvalue weighted by molar-refractivity contribution is 0.0318. The molecule has 1 aliphatic carbocycles. The molecule has 1 atom stereocenters. The van der Waals surface area contributed by atoms with Crippen LogP contribution in [0.4, 0.5) is 0 Å². The van der Waals surface area contributed by atoms with Crippen LogP contribution in [0.15, 0.2) is 47.4 Å². The van der Waals surface area contributed by atoms with Crippen LogP contribution in [0.5, 0.6) is 0 Å². The summed E-state index contributed by atoms with van der Waals surface area (Å²) in [5.74, 6) is -0.996. The van der Waals surface area contributed by atoms with Crippen LogP contribution in [0.1, 0.15) is 45.2 Å². The van der Waals surface area contributed by atoms with Crippen LogP contribution in [-0.2, 0) is 27.4 Å². The Morgan fingerprint density at radius 2 is 1.73 bits per heavy atom. The fourth-order valence-electron chi connectivity index (χ4n) is 3.10. The molecule has 0 unspecified atom stereocenters. The quantitative estimate of drug-likeness (QED) is 0.596. The van der Waals surface area contributed by atoms with E-state index < -0.39 is 21.9 Å². The van der Waals surface area contributed by atoms with E-state index in [1.807, 2.05) is 12.1 Å². The van der Waals surface area contributed by atoms with Gasteiger partial charge >= 0.3 is 5.97 Å². The van der Waals surface area contributed by atoms with Crippen LogP contribution < -0.4 is 0 Å². The minimum atomic E-state index is -3.43. The Bertz CT molecular complexity index is 975. The molecule has 0 bridgehead atoms. The summed E-state index contributed by atoms with van der Waals surface area (Å²) < 4.78 is 28.5. The topological polar surface area (TPSA) is 77.5 Å². The van der Waals surface area contributed by atoms with Crippen LogP contribution in [0.25, 0.3) is 0 Å². The molecule has 0 aromatic heterocycles. The summed E-state index contributed by atoms with van der Waals surface area (Å²) in [6, 6.07) is 11.2. The number of fused-ring (bicyclic) bond motifs is 1. The number of carbonyl (C=O) groups excluding carboxylic acids is 2. The summed E-state index contributed by atoms with van der Waals surface area (Å²) in [4.78, 5) is 24.9. The van der Waals surface area contributed by atoms with Gasteiger partial charge in [0, 0.05) is 11.8 Å². The van der Waals surface area contributed by atoms with Gasteiger partial charge in [0.05, 0.1) is 10.5 Å². The van der Waals surface area contributed by atoms with Gasteiger partial charge in [0.2, 0.25) is 5.78 Å². The number of aryl methyl sites for hydroxylation is 2. The maximum atomic E-state index is 12.6. The van der Waals surface area contributed by atoms with E-state index >= 15 is 0 Å². The Kier molecular flexibility index (Phi) is 4.96. The van der Waals surface area contributed by atoms with Gasteiger partial charge in [-0.15, -0.1) is 0 Å². The van der Waals surface area contributed by atoms with Crippen LogP contribution in [0.3, 0.4) is 0 Å². The zero-order valence-corrected chi connectivity index (χ0v) is 15.5. The first-order valence-electron chi connectivity index (χ1n) is 8.43. The van der Waals surface area contributed by atoms with E-state index in [4.69, 9.17) is 4.74 Å². The van der Waals surface area contributed by atoms with E-state index in [0.29, 0.717) is 5.56 Å². The third-order valence-electron chi connectivity index (χ3n) is 4.53. The van der Waals surface area contributed by atoms with Crippen molar-refractivity contribution >= 4 is 21.6 Å². The standard InChI is InChI=1S/C20H20O5S/c1-13(19(21)16-10-9-14-5-3-6-15(14)11-16)25-20(22)17-7-4-8-18(12-17)26(2,23)24/h4,7-13H,3,5-6H2,1-2H3/t13-/m1/s1. The van der Waals surface area contributed by atoms with E-state index in [2.05, 4.69) is 0 Å². The number of benzene rings is 2. The number of Topliss-reactive ketones (excluding diaryl/α,β-unsaturated/α-hetero) is 1. The molecule has 1 aliphatic rings. The number of ether oxygens (including phenoxy) is 1. The van der Waals surface area contributed by atoms with Gasteiger partial charge in [-0.05, 0) is 61.6 Å². The van der Waals surface area contributed by atoms with Gasteiger partial charge in [-0.25, -0.2) is 13.2 Å². The summed E-state index contributed by atoms with van der Waals surface area (Å²) in [6.07, 6.45) is 3.20. The molecule has 0 heterocycles. The average Bonchev–Trinajstić information content (AvgIpc) is 3.08. The zero-order valence-electron chi connectivity index (χ0n) is 14.7. The lowest BCUT2D eigenvalue weighted by Gasteiger charge is -2.13. The summed E-state index contributed by atoms with van der Waals surface area (Å²) >= 11 is 0. The third kappa shape index (κ3) is 3.85. The number of rotatable bonds is 5. The zero-order chi connectivity index (χ0) is 18.9. The van der Waals surface area contributed by atoms with Crippen molar-refractivity contribution in [2.24, 2.45) is 0 Å². The Morgan fingerprint density at radius 3 is 2.46 bits per heavy atom. The number of hydrogen-bond acceptors (Lipinski definition) is 5. The molecule has 0 amide bonds. The van der Waals surface area contributed by atoms with Crippen molar-refractivity contribution in [1.82, 2.24) is 0 Å². The number of esters is 1. The van der Waals surface area contributed by atoms with E-state index in [1.54, 1.807) is 6.07 Å². The fourth-order valence-corrected chi connectivity index (χ4v) is 3.76.